The molecule has 2 saturated carbocycles. The van der Waals surface area contributed by atoms with Crippen LogP contribution in [0.25, 0.3) is 0 Å². The minimum absolute atomic E-state index is 0.127. The summed E-state index contributed by atoms with van der Waals surface area (Å²) in [5, 5.41) is 9.70. The number of likely N-dealkylation sites (tertiary alicyclic amines) is 1. The largest absolute Gasteiger partial charge is 0.481 e. The van der Waals surface area contributed by atoms with Crippen LogP contribution >= 0.6 is 15.9 Å². The fourth-order valence-electron chi connectivity index (χ4n) is 4.63. The van der Waals surface area contributed by atoms with Gasteiger partial charge >= 0.3 is 5.97 Å². The molecular formula is C18H20BrNO3. The molecule has 4 nitrogen and oxygen atoms in total. The van der Waals surface area contributed by atoms with Crippen molar-refractivity contribution in [3.8, 4) is 0 Å². The Kier molecular flexibility index (Phi) is 3.34. The molecule has 1 amide bonds. The molecule has 3 aliphatic rings. The number of aliphatic carboxylic acids is 1. The molecule has 2 atom stereocenters. The van der Waals surface area contributed by atoms with Crippen LogP contribution in [-0.4, -0.2) is 35.0 Å². The highest BCUT2D eigenvalue weighted by Crippen LogP contribution is 2.54. The van der Waals surface area contributed by atoms with E-state index in [0.717, 1.165) is 35.7 Å². The molecule has 0 aromatic heterocycles. The van der Waals surface area contributed by atoms with E-state index in [2.05, 4.69) is 15.9 Å². The first-order chi connectivity index (χ1) is 11.0. The van der Waals surface area contributed by atoms with E-state index >= 15 is 0 Å². The average Bonchev–Trinajstić information content (AvgIpc) is 3.09. The standard InChI is InChI=1S/C18H20BrNO3/c19-14-5-1-3-12(9-14)17(7-8-17)15(21)20-10-13-4-2-6-18(13,11-20)16(22)23/h1,3,5,9,13H,2,4,6-8,10-11H2,(H,22,23)/t13-,18+/m0/s1. The van der Waals surface area contributed by atoms with Gasteiger partial charge in [-0.25, -0.2) is 0 Å². The molecule has 1 aromatic rings. The van der Waals surface area contributed by atoms with Gasteiger partial charge in [0.15, 0.2) is 0 Å². The minimum atomic E-state index is -0.720. The minimum Gasteiger partial charge on any atom is -0.481 e. The lowest BCUT2D eigenvalue weighted by Crippen LogP contribution is -2.41. The summed E-state index contributed by atoms with van der Waals surface area (Å²) in [6.45, 7) is 1.00. The van der Waals surface area contributed by atoms with E-state index in [1.807, 2.05) is 29.2 Å². The summed E-state index contributed by atoms with van der Waals surface area (Å²) in [7, 11) is 0. The SMILES string of the molecule is O=C(N1C[C@@H]2CCC[C@@]2(C(=O)O)C1)C1(c2cccc(Br)c2)CC1. The van der Waals surface area contributed by atoms with Crippen LogP contribution in [0.4, 0.5) is 0 Å². The molecule has 5 heteroatoms. The Hall–Kier alpha value is -1.36. The summed E-state index contributed by atoms with van der Waals surface area (Å²) in [5.41, 5.74) is -0.0520. The molecule has 1 aromatic carbocycles. The summed E-state index contributed by atoms with van der Waals surface area (Å²) < 4.78 is 0.981. The van der Waals surface area contributed by atoms with Crippen LogP contribution in [0.15, 0.2) is 28.7 Å². The van der Waals surface area contributed by atoms with Crippen LogP contribution in [0.5, 0.6) is 0 Å². The quantitative estimate of drug-likeness (QED) is 0.879. The predicted octanol–water partition coefficient (Wildman–Crippen LogP) is 3.19. The number of nitrogens with zero attached hydrogens (tertiary/aromatic N) is 1. The second-order valence-electron chi connectivity index (χ2n) is 7.33. The number of rotatable bonds is 3. The Bertz CT molecular complexity index is 685. The van der Waals surface area contributed by atoms with Gasteiger partial charge in [-0.3, -0.25) is 9.59 Å². The van der Waals surface area contributed by atoms with Gasteiger partial charge in [0.2, 0.25) is 5.91 Å². The molecule has 0 radical (unpaired) electrons. The third-order valence-corrected chi connectivity index (χ3v) is 6.61. The van der Waals surface area contributed by atoms with Crippen LogP contribution in [0.1, 0.15) is 37.7 Å². The smallest absolute Gasteiger partial charge is 0.311 e. The fourth-order valence-corrected chi connectivity index (χ4v) is 5.03. The maximum atomic E-state index is 13.2. The van der Waals surface area contributed by atoms with Crippen LogP contribution < -0.4 is 0 Å². The normalized spacial score (nSPS) is 31.0. The summed E-state index contributed by atoms with van der Waals surface area (Å²) in [4.78, 5) is 26.8. The van der Waals surface area contributed by atoms with Crippen molar-refractivity contribution in [3.63, 3.8) is 0 Å². The lowest BCUT2D eigenvalue weighted by molar-refractivity contribution is -0.149. The first-order valence-electron chi connectivity index (χ1n) is 8.27. The number of hydrogen-bond acceptors (Lipinski definition) is 2. The van der Waals surface area contributed by atoms with Crippen molar-refractivity contribution >= 4 is 27.8 Å². The van der Waals surface area contributed by atoms with E-state index in [0.29, 0.717) is 19.5 Å². The monoisotopic (exact) mass is 377 g/mol. The van der Waals surface area contributed by atoms with Crippen molar-refractivity contribution in [2.45, 2.75) is 37.5 Å². The molecule has 1 saturated heterocycles. The number of fused-ring (bicyclic) bond motifs is 1. The van der Waals surface area contributed by atoms with Crippen molar-refractivity contribution in [3.05, 3.63) is 34.3 Å². The van der Waals surface area contributed by atoms with Crippen LogP contribution in [0.2, 0.25) is 0 Å². The summed E-state index contributed by atoms with van der Waals surface area (Å²) >= 11 is 3.48. The second-order valence-corrected chi connectivity index (χ2v) is 8.24. The number of benzene rings is 1. The molecule has 1 heterocycles. The van der Waals surface area contributed by atoms with Crippen molar-refractivity contribution in [1.29, 1.82) is 0 Å². The van der Waals surface area contributed by atoms with Gasteiger partial charge in [-0.15, -0.1) is 0 Å². The number of halogens is 1. The van der Waals surface area contributed by atoms with E-state index in [1.165, 1.54) is 0 Å². The van der Waals surface area contributed by atoms with Crippen molar-refractivity contribution in [1.82, 2.24) is 4.90 Å². The first-order valence-corrected chi connectivity index (χ1v) is 9.06. The van der Waals surface area contributed by atoms with Gasteiger partial charge in [-0.2, -0.15) is 0 Å². The Morgan fingerprint density at radius 2 is 2.04 bits per heavy atom. The highest BCUT2D eigenvalue weighted by molar-refractivity contribution is 9.10. The van der Waals surface area contributed by atoms with Crippen LogP contribution in [0, 0.1) is 11.3 Å². The van der Waals surface area contributed by atoms with Crippen molar-refractivity contribution in [2.24, 2.45) is 11.3 Å². The zero-order chi connectivity index (χ0) is 16.2. The molecule has 23 heavy (non-hydrogen) atoms. The molecule has 0 unspecified atom stereocenters. The van der Waals surface area contributed by atoms with Gasteiger partial charge < -0.3 is 10.0 Å². The summed E-state index contributed by atoms with van der Waals surface area (Å²) in [6, 6.07) is 7.96. The Morgan fingerprint density at radius 3 is 2.65 bits per heavy atom. The lowest BCUT2D eigenvalue weighted by atomic mass is 9.81. The number of carbonyl (C=O) groups is 2. The molecule has 1 aliphatic heterocycles. The number of carboxylic acid groups (broad SMARTS) is 1. The highest BCUT2D eigenvalue weighted by Gasteiger charge is 2.60. The van der Waals surface area contributed by atoms with Gasteiger partial charge in [0, 0.05) is 17.6 Å². The molecule has 0 spiro atoms. The Balaban J connectivity index is 1.60. The summed E-state index contributed by atoms with van der Waals surface area (Å²) in [5.74, 6) is -0.463. The second kappa shape index (κ2) is 5.07. The zero-order valence-electron chi connectivity index (χ0n) is 12.9. The van der Waals surface area contributed by atoms with E-state index in [1.54, 1.807) is 0 Å². The zero-order valence-corrected chi connectivity index (χ0v) is 14.5. The fraction of sp³-hybridized carbons (Fsp3) is 0.556. The lowest BCUT2D eigenvalue weighted by Gasteiger charge is -2.26. The third-order valence-electron chi connectivity index (χ3n) is 6.12. The Morgan fingerprint density at radius 1 is 1.26 bits per heavy atom. The number of carbonyl (C=O) groups excluding carboxylic acids is 1. The van der Waals surface area contributed by atoms with Gasteiger partial charge in [-0.1, -0.05) is 34.5 Å². The molecule has 1 N–H and O–H groups in total. The van der Waals surface area contributed by atoms with Crippen LogP contribution in [-0.2, 0) is 15.0 Å². The maximum absolute atomic E-state index is 13.2. The highest BCUT2D eigenvalue weighted by atomic mass is 79.9. The van der Waals surface area contributed by atoms with E-state index < -0.39 is 16.8 Å². The maximum Gasteiger partial charge on any atom is 0.311 e. The first kappa shape index (κ1) is 15.2. The van der Waals surface area contributed by atoms with Crippen molar-refractivity contribution < 1.29 is 14.7 Å². The Labute approximate surface area is 144 Å². The number of carboxylic acids is 1. The molecule has 0 bridgehead atoms. The average molecular weight is 378 g/mol. The summed E-state index contributed by atoms with van der Waals surface area (Å²) in [6.07, 6.45) is 4.34. The predicted molar refractivity (Wildman–Crippen MR) is 89.0 cm³/mol. The van der Waals surface area contributed by atoms with Gasteiger partial charge in [-0.05, 0) is 49.3 Å². The molecule has 2 aliphatic carbocycles. The van der Waals surface area contributed by atoms with Crippen molar-refractivity contribution in [2.75, 3.05) is 13.1 Å². The molecular weight excluding hydrogens is 358 g/mol. The topological polar surface area (TPSA) is 57.6 Å². The number of hydrogen-bond donors (Lipinski definition) is 1. The molecule has 3 fully saturated rings. The number of amides is 1. The van der Waals surface area contributed by atoms with Gasteiger partial charge in [0.05, 0.1) is 10.8 Å². The van der Waals surface area contributed by atoms with E-state index in [-0.39, 0.29) is 11.8 Å². The van der Waals surface area contributed by atoms with E-state index in [4.69, 9.17) is 0 Å². The molecule has 4 rings (SSSR count). The van der Waals surface area contributed by atoms with Gasteiger partial charge in [0.1, 0.15) is 0 Å². The van der Waals surface area contributed by atoms with E-state index in [9.17, 15) is 14.7 Å². The molecule has 122 valence electrons. The van der Waals surface area contributed by atoms with Gasteiger partial charge in [0.25, 0.3) is 0 Å². The third kappa shape index (κ3) is 2.16. The van der Waals surface area contributed by atoms with Crippen LogP contribution in [0.3, 0.4) is 0 Å².